The van der Waals surface area contributed by atoms with Crippen molar-refractivity contribution in [1.29, 1.82) is 0 Å². The number of benzene rings is 1. The Labute approximate surface area is 116 Å². The Morgan fingerprint density at radius 1 is 1.39 bits per heavy atom. The van der Waals surface area contributed by atoms with E-state index >= 15 is 0 Å². The maximum Gasteiger partial charge on any atom is 0.145 e. The fraction of sp³-hybridized carbons (Fsp3) is 0.571. The van der Waals surface area contributed by atoms with E-state index in [1.165, 1.54) is 5.56 Å². The zero-order valence-electron chi connectivity index (χ0n) is 10.4. The van der Waals surface area contributed by atoms with Gasteiger partial charge in [0.25, 0.3) is 0 Å². The lowest BCUT2D eigenvalue weighted by Gasteiger charge is -2.30. The molecule has 1 N–H and O–H groups in total. The predicted molar refractivity (Wildman–Crippen MR) is 75.4 cm³/mol. The van der Waals surface area contributed by atoms with E-state index in [1.54, 1.807) is 0 Å². The third-order valence-corrected chi connectivity index (χ3v) is 4.30. The molecule has 1 unspecified atom stereocenters. The lowest BCUT2D eigenvalue weighted by Crippen LogP contribution is -2.32. The fourth-order valence-electron chi connectivity index (χ4n) is 2.98. The van der Waals surface area contributed by atoms with Crippen molar-refractivity contribution in [2.24, 2.45) is 0 Å². The molecule has 0 radical (unpaired) electrons. The van der Waals surface area contributed by atoms with E-state index in [4.69, 9.17) is 4.74 Å². The van der Waals surface area contributed by atoms with Crippen molar-refractivity contribution in [3.63, 3.8) is 0 Å². The molecule has 0 saturated carbocycles. The number of nitrogens with zero attached hydrogens (tertiary/aromatic N) is 1. The molecule has 0 amide bonds. The Morgan fingerprint density at radius 3 is 3.11 bits per heavy atom. The van der Waals surface area contributed by atoms with Crippen LogP contribution in [0.15, 0.2) is 16.6 Å². The molecule has 1 saturated heterocycles. The van der Waals surface area contributed by atoms with Gasteiger partial charge in [-0.05, 0) is 43.4 Å². The lowest BCUT2D eigenvalue weighted by atomic mass is 10.0. The van der Waals surface area contributed by atoms with Crippen molar-refractivity contribution in [2.45, 2.75) is 31.7 Å². The van der Waals surface area contributed by atoms with Crippen LogP contribution in [0.1, 0.15) is 24.8 Å². The standard InChI is InChI=1S/C14H18BrNO2/c15-11-7-10-3-2-6-18-14(10)13(8-11)16-5-1-4-12(16)9-17/h7-8,12,17H,1-6,9H2. The van der Waals surface area contributed by atoms with Crippen LogP contribution in [-0.2, 0) is 6.42 Å². The molecule has 1 aromatic rings. The van der Waals surface area contributed by atoms with Crippen LogP contribution in [0.4, 0.5) is 5.69 Å². The van der Waals surface area contributed by atoms with E-state index < -0.39 is 0 Å². The molecule has 1 fully saturated rings. The molecule has 4 heteroatoms. The normalized spacial score (nSPS) is 22.8. The van der Waals surface area contributed by atoms with Crippen LogP contribution in [0.3, 0.4) is 0 Å². The highest BCUT2D eigenvalue weighted by molar-refractivity contribution is 9.10. The summed E-state index contributed by atoms with van der Waals surface area (Å²) in [7, 11) is 0. The van der Waals surface area contributed by atoms with Crippen LogP contribution in [0.25, 0.3) is 0 Å². The average Bonchev–Trinajstić information content (AvgIpc) is 2.85. The van der Waals surface area contributed by atoms with Crippen molar-refractivity contribution < 1.29 is 9.84 Å². The largest absolute Gasteiger partial charge is 0.491 e. The zero-order chi connectivity index (χ0) is 12.5. The molecule has 2 heterocycles. The van der Waals surface area contributed by atoms with Gasteiger partial charge in [-0.1, -0.05) is 15.9 Å². The minimum Gasteiger partial charge on any atom is -0.491 e. The summed E-state index contributed by atoms with van der Waals surface area (Å²) < 4.78 is 6.97. The Morgan fingerprint density at radius 2 is 2.28 bits per heavy atom. The van der Waals surface area contributed by atoms with Gasteiger partial charge in [-0.2, -0.15) is 0 Å². The Balaban J connectivity index is 2.02. The van der Waals surface area contributed by atoms with Crippen LogP contribution >= 0.6 is 15.9 Å². The van der Waals surface area contributed by atoms with E-state index in [-0.39, 0.29) is 12.6 Å². The number of aryl methyl sites for hydroxylation is 1. The van der Waals surface area contributed by atoms with E-state index in [0.29, 0.717) is 0 Å². The number of aliphatic hydroxyl groups excluding tert-OH is 1. The van der Waals surface area contributed by atoms with E-state index in [9.17, 15) is 5.11 Å². The van der Waals surface area contributed by atoms with Gasteiger partial charge in [0.05, 0.1) is 24.9 Å². The molecule has 0 spiro atoms. The van der Waals surface area contributed by atoms with Gasteiger partial charge in [-0.15, -0.1) is 0 Å². The highest BCUT2D eigenvalue weighted by atomic mass is 79.9. The highest BCUT2D eigenvalue weighted by Gasteiger charge is 2.28. The molecule has 0 bridgehead atoms. The summed E-state index contributed by atoms with van der Waals surface area (Å²) >= 11 is 3.59. The molecule has 1 atom stereocenters. The summed E-state index contributed by atoms with van der Waals surface area (Å²) in [5, 5.41) is 9.48. The molecule has 3 nitrogen and oxygen atoms in total. The number of aliphatic hydroxyl groups is 1. The second kappa shape index (κ2) is 5.10. The first-order chi connectivity index (χ1) is 8.79. The first-order valence-electron chi connectivity index (χ1n) is 6.62. The SMILES string of the molecule is OCC1CCCN1c1cc(Br)cc2c1OCCC2. The second-order valence-electron chi connectivity index (χ2n) is 5.04. The molecule has 2 aliphatic heterocycles. The van der Waals surface area contributed by atoms with E-state index in [1.807, 2.05) is 0 Å². The summed E-state index contributed by atoms with van der Waals surface area (Å²) in [5.74, 6) is 1.03. The molecule has 0 aromatic heterocycles. The van der Waals surface area contributed by atoms with Crippen LogP contribution in [-0.4, -0.2) is 30.9 Å². The van der Waals surface area contributed by atoms with Gasteiger partial charge >= 0.3 is 0 Å². The minimum absolute atomic E-state index is 0.223. The number of hydrogen-bond donors (Lipinski definition) is 1. The Kier molecular flexibility index (Phi) is 3.48. The van der Waals surface area contributed by atoms with Gasteiger partial charge in [-0.3, -0.25) is 0 Å². The highest BCUT2D eigenvalue weighted by Crippen LogP contribution is 2.41. The number of halogens is 1. The fourth-order valence-corrected chi connectivity index (χ4v) is 3.47. The van der Waals surface area contributed by atoms with Crippen LogP contribution < -0.4 is 9.64 Å². The summed E-state index contributed by atoms with van der Waals surface area (Å²) in [4.78, 5) is 2.30. The van der Waals surface area contributed by atoms with Crippen molar-refractivity contribution >= 4 is 21.6 Å². The molecule has 1 aromatic carbocycles. The molecular formula is C14H18BrNO2. The van der Waals surface area contributed by atoms with Crippen LogP contribution in [0.2, 0.25) is 0 Å². The summed E-state index contributed by atoms with van der Waals surface area (Å²) in [6.45, 7) is 2.04. The quantitative estimate of drug-likeness (QED) is 0.911. The molecule has 98 valence electrons. The maximum absolute atomic E-state index is 9.48. The smallest absolute Gasteiger partial charge is 0.145 e. The Hall–Kier alpha value is -0.740. The zero-order valence-corrected chi connectivity index (χ0v) is 11.9. The number of rotatable bonds is 2. The number of fused-ring (bicyclic) bond motifs is 1. The van der Waals surface area contributed by atoms with Gasteiger partial charge in [0.2, 0.25) is 0 Å². The monoisotopic (exact) mass is 311 g/mol. The van der Waals surface area contributed by atoms with Gasteiger partial charge in [0.1, 0.15) is 5.75 Å². The second-order valence-corrected chi connectivity index (χ2v) is 5.95. The molecular weight excluding hydrogens is 294 g/mol. The predicted octanol–water partition coefficient (Wildman–Crippen LogP) is 2.74. The molecule has 18 heavy (non-hydrogen) atoms. The lowest BCUT2D eigenvalue weighted by molar-refractivity contribution is 0.263. The van der Waals surface area contributed by atoms with Crippen molar-refractivity contribution in [3.05, 3.63) is 22.2 Å². The first kappa shape index (κ1) is 12.3. The van der Waals surface area contributed by atoms with Crippen molar-refractivity contribution in [2.75, 3.05) is 24.7 Å². The number of hydrogen-bond acceptors (Lipinski definition) is 3. The summed E-state index contributed by atoms with van der Waals surface area (Å²) in [6, 6.07) is 4.52. The van der Waals surface area contributed by atoms with E-state index in [2.05, 4.69) is 33.0 Å². The van der Waals surface area contributed by atoms with Crippen LogP contribution in [0, 0.1) is 0 Å². The van der Waals surface area contributed by atoms with Gasteiger partial charge in [-0.25, -0.2) is 0 Å². The first-order valence-corrected chi connectivity index (χ1v) is 7.41. The summed E-state index contributed by atoms with van der Waals surface area (Å²) in [5.41, 5.74) is 2.44. The molecule has 3 rings (SSSR count). The minimum atomic E-state index is 0.223. The van der Waals surface area contributed by atoms with Crippen molar-refractivity contribution in [3.8, 4) is 5.75 Å². The topological polar surface area (TPSA) is 32.7 Å². The summed E-state index contributed by atoms with van der Waals surface area (Å²) in [6.07, 6.45) is 4.38. The van der Waals surface area contributed by atoms with Gasteiger partial charge in [0.15, 0.2) is 0 Å². The van der Waals surface area contributed by atoms with E-state index in [0.717, 1.165) is 54.7 Å². The third kappa shape index (κ3) is 2.12. The Bertz CT molecular complexity index is 450. The third-order valence-electron chi connectivity index (χ3n) is 3.85. The van der Waals surface area contributed by atoms with Crippen molar-refractivity contribution in [1.82, 2.24) is 0 Å². The van der Waals surface area contributed by atoms with Gasteiger partial charge in [0, 0.05) is 11.0 Å². The number of anilines is 1. The maximum atomic E-state index is 9.48. The molecule has 2 aliphatic rings. The average molecular weight is 312 g/mol. The van der Waals surface area contributed by atoms with Crippen LogP contribution in [0.5, 0.6) is 5.75 Å². The molecule has 0 aliphatic carbocycles. The van der Waals surface area contributed by atoms with Gasteiger partial charge < -0.3 is 14.7 Å². The number of ether oxygens (including phenoxy) is 1.